The lowest BCUT2D eigenvalue weighted by Crippen LogP contribution is -2.48. The maximum Gasteiger partial charge on any atom is 0.407 e. The maximum atomic E-state index is 12.3. The zero-order valence-corrected chi connectivity index (χ0v) is 22.1. The summed E-state index contributed by atoms with van der Waals surface area (Å²) in [5.74, 6) is -0.249. The van der Waals surface area contributed by atoms with Gasteiger partial charge in [-0.05, 0) is 30.9 Å². The van der Waals surface area contributed by atoms with Crippen LogP contribution in [0, 0.1) is 5.92 Å². The number of ether oxygens (including phenoxy) is 2. The Bertz CT molecular complexity index is 932. The van der Waals surface area contributed by atoms with Crippen molar-refractivity contribution in [1.29, 1.82) is 0 Å². The van der Waals surface area contributed by atoms with Crippen LogP contribution in [0.15, 0.2) is 24.3 Å². The van der Waals surface area contributed by atoms with Gasteiger partial charge in [-0.25, -0.2) is 4.79 Å². The van der Waals surface area contributed by atoms with Crippen molar-refractivity contribution in [1.82, 2.24) is 15.1 Å². The van der Waals surface area contributed by atoms with E-state index in [0.29, 0.717) is 32.5 Å². The van der Waals surface area contributed by atoms with Crippen LogP contribution in [-0.4, -0.2) is 79.4 Å². The van der Waals surface area contributed by atoms with Crippen LogP contribution in [0.25, 0.3) is 0 Å². The molecule has 1 saturated heterocycles. The molecule has 0 aromatic heterocycles. The van der Waals surface area contributed by atoms with E-state index in [9.17, 15) is 24.0 Å². The first-order chi connectivity index (χ1) is 17.7. The van der Waals surface area contributed by atoms with E-state index in [-0.39, 0.29) is 55.7 Å². The number of alkyl carbamates (subject to hydrolysis) is 1. The summed E-state index contributed by atoms with van der Waals surface area (Å²) in [6, 6.07) is 7.38. The second-order valence-electron chi connectivity index (χ2n) is 9.41. The van der Waals surface area contributed by atoms with Crippen molar-refractivity contribution in [2.75, 3.05) is 40.0 Å². The molecule has 0 saturated carbocycles. The third-order valence-electron chi connectivity index (χ3n) is 6.29. The lowest BCUT2D eigenvalue weighted by Gasteiger charge is -2.28. The van der Waals surface area contributed by atoms with E-state index in [1.54, 1.807) is 18.9 Å². The molecule has 10 nitrogen and oxygen atoms in total. The number of nitrogens with zero attached hydrogens (tertiary/aromatic N) is 2. The van der Waals surface area contributed by atoms with E-state index in [1.807, 2.05) is 31.2 Å². The smallest absolute Gasteiger partial charge is 0.407 e. The maximum absolute atomic E-state index is 12.3. The number of benzene rings is 1. The molecule has 1 aliphatic rings. The Hall–Kier alpha value is -3.27. The van der Waals surface area contributed by atoms with Crippen LogP contribution >= 0.6 is 0 Å². The summed E-state index contributed by atoms with van der Waals surface area (Å²) in [6.07, 6.45) is 3.08. The molecular weight excluding hydrogens is 478 g/mol. The number of rotatable bonds is 16. The van der Waals surface area contributed by atoms with Gasteiger partial charge in [-0.2, -0.15) is 0 Å². The number of hydrogen-bond donors (Lipinski definition) is 1. The number of imide groups is 1. The van der Waals surface area contributed by atoms with Crippen molar-refractivity contribution in [3.63, 3.8) is 0 Å². The first kappa shape index (κ1) is 30.0. The molecule has 1 atom stereocenters. The fourth-order valence-electron chi connectivity index (χ4n) is 3.59. The van der Waals surface area contributed by atoms with Crippen LogP contribution in [0.1, 0.15) is 57.1 Å². The highest BCUT2D eigenvalue weighted by atomic mass is 16.5. The average molecular weight is 518 g/mol. The fourth-order valence-corrected chi connectivity index (χ4v) is 3.59. The number of unbranched alkanes of at least 4 members (excludes halogenated alkanes) is 1. The normalized spacial score (nSPS) is 13.5. The Kier molecular flexibility index (Phi) is 12.8. The topological polar surface area (TPSA) is 122 Å². The van der Waals surface area contributed by atoms with Crippen molar-refractivity contribution in [2.45, 2.75) is 58.9 Å². The van der Waals surface area contributed by atoms with Crippen LogP contribution < -0.4 is 5.32 Å². The van der Waals surface area contributed by atoms with Gasteiger partial charge >= 0.3 is 6.09 Å². The summed E-state index contributed by atoms with van der Waals surface area (Å²) in [7, 11) is 1.69. The van der Waals surface area contributed by atoms with Crippen LogP contribution in [0.5, 0.6) is 0 Å². The SMILES string of the molecule is CC(=O)C(C)CCCCNC(=O)OCCCOCC(=O)N(C)Cc1ccc(CC(=O)N2CCC2=O)cc1. The molecule has 10 heteroatoms. The van der Waals surface area contributed by atoms with Gasteiger partial charge in [-0.3, -0.25) is 24.1 Å². The van der Waals surface area contributed by atoms with Gasteiger partial charge in [0.2, 0.25) is 17.7 Å². The molecule has 37 heavy (non-hydrogen) atoms. The molecule has 0 aliphatic carbocycles. The highest BCUT2D eigenvalue weighted by Crippen LogP contribution is 2.13. The molecule has 1 unspecified atom stereocenters. The largest absolute Gasteiger partial charge is 0.449 e. The van der Waals surface area contributed by atoms with E-state index in [2.05, 4.69) is 5.32 Å². The van der Waals surface area contributed by atoms with Crippen molar-refractivity contribution >= 4 is 29.6 Å². The molecular formula is C27H39N3O7. The number of hydrogen-bond acceptors (Lipinski definition) is 7. The molecule has 1 aromatic rings. The number of β-lactam (4-membered cyclic amide) rings is 1. The summed E-state index contributed by atoms with van der Waals surface area (Å²) in [5, 5.41) is 2.68. The zero-order valence-electron chi connectivity index (χ0n) is 22.1. The standard InChI is InChI=1S/C27H39N3O7/c1-20(21(2)31)7-4-5-13-28-27(35)37-16-6-15-36-19-26(34)29(3)18-23-10-8-22(9-11-23)17-25(33)30-14-12-24(30)32/h8-11,20H,4-7,12-19H2,1-3H3,(H,28,35). The molecule has 0 bridgehead atoms. The van der Waals surface area contributed by atoms with Gasteiger partial charge in [0.1, 0.15) is 12.4 Å². The Morgan fingerprint density at radius 2 is 1.76 bits per heavy atom. The van der Waals surface area contributed by atoms with Gasteiger partial charge in [0.15, 0.2) is 0 Å². The number of ketones is 1. The number of carbonyl (C=O) groups is 5. The Labute approximate surface area is 218 Å². The van der Waals surface area contributed by atoms with Crippen LogP contribution in [0.2, 0.25) is 0 Å². The summed E-state index contributed by atoms with van der Waals surface area (Å²) >= 11 is 0. The summed E-state index contributed by atoms with van der Waals surface area (Å²) < 4.78 is 10.5. The molecule has 1 aliphatic heterocycles. The predicted octanol–water partition coefficient (Wildman–Crippen LogP) is 2.47. The van der Waals surface area contributed by atoms with E-state index in [1.165, 1.54) is 4.90 Å². The van der Waals surface area contributed by atoms with Crippen molar-refractivity contribution < 1.29 is 33.4 Å². The highest BCUT2D eigenvalue weighted by Gasteiger charge is 2.29. The average Bonchev–Trinajstić information content (AvgIpc) is 2.85. The second kappa shape index (κ2) is 15.8. The second-order valence-corrected chi connectivity index (χ2v) is 9.41. The van der Waals surface area contributed by atoms with Crippen molar-refractivity contribution in [3.8, 4) is 0 Å². The lowest BCUT2D eigenvalue weighted by atomic mass is 10.0. The molecule has 1 N–H and O–H groups in total. The fraction of sp³-hybridized carbons (Fsp3) is 0.593. The van der Waals surface area contributed by atoms with Gasteiger partial charge < -0.3 is 19.7 Å². The van der Waals surface area contributed by atoms with E-state index < -0.39 is 6.09 Å². The minimum absolute atomic E-state index is 0.0535. The molecule has 1 fully saturated rings. The highest BCUT2D eigenvalue weighted by molar-refractivity contribution is 6.00. The van der Waals surface area contributed by atoms with E-state index in [0.717, 1.165) is 30.4 Å². The molecule has 0 spiro atoms. The number of amides is 4. The molecule has 1 heterocycles. The monoisotopic (exact) mass is 517 g/mol. The molecule has 204 valence electrons. The van der Waals surface area contributed by atoms with Gasteiger partial charge in [0.05, 0.1) is 19.6 Å². The molecule has 1 aromatic carbocycles. The Balaban J connectivity index is 1.51. The lowest BCUT2D eigenvalue weighted by molar-refractivity contribution is -0.152. The van der Waals surface area contributed by atoms with Crippen LogP contribution in [0.4, 0.5) is 4.79 Å². The number of nitrogens with one attached hydrogen (secondary N) is 1. The van der Waals surface area contributed by atoms with Crippen LogP contribution in [-0.2, 0) is 41.6 Å². The number of carbonyl (C=O) groups excluding carboxylic acids is 5. The first-order valence-corrected chi connectivity index (χ1v) is 12.8. The van der Waals surface area contributed by atoms with E-state index in [4.69, 9.17) is 9.47 Å². The number of likely N-dealkylation sites (tertiary alicyclic amines) is 1. The van der Waals surface area contributed by atoms with Gasteiger partial charge in [0.25, 0.3) is 0 Å². The summed E-state index contributed by atoms with van der Waals surface area (Å²) in [6.45, 7) is 5.31. The van der Waals surface area contributed by atoms with Gasteiger partial charge in [0, 0.05) is 45.4 Å². The minimum atomic E-state index is -0.486. The number of likely N-dealkylation sites (N-methyl/N-ethyl adjacent to an activating group) is 1. The first-order valence-electron chi connectivity index (χ1n) is 12.8. The Morgan fingerprint density at radius 1 is 1.05 bits per heavy atom. The number of Topliss-reactive ketones (excluding diaryl/α,β-unsaturated/α-hetero) is 1. The third kappa shape index (κ3) is 11.1. The third-order valence-corrected chi connectivity index (χ3v) is 6.29. The van der Waals surface area contributed by atoms with Gasteiger partial charge in [-0.15, -0.1) is 0 Å². The molecule has 4 amide bonds. The minimum Gasteiger partial charge on any atom is -0.449 e. The summed E-state index contributed by atoms with van der Waals surface area (Å²) in [5.41, 5.74) is 1.74. The predicted molar refractivity (Wildman–Crippen MR) is 136 cm³/mol. The van der Waals surface area contributed by atoms with Crippen molar-refractivity contribution in [3.05, 3.63) is 35.4 Å². The van der Waals surface area contributed by atoms with E-state index >= 15 is 0 Å². The van der Waals surface area contributed by atoms with Gasteiger partial charge in [-0.1, -0.05) is 37.6 Å². The van der Waals surface area contributed by atoms with Crippen LogP contribution in [0.3, 0.4) is 0 Å². The molecule has 2 rings (SSSR count). The Morgan fingerprint density at radius 3 is 2.38 bits per heavy atom. The van der Waals surface area contributed by atoms with Crippen molar-refractivity contribution in [2.24, 2.45) is 5.92 Å². The quantitative estimate of drug-likeness (QED) is 0.264. The summed E-state index contributed by atoms with van der Waals surface area (Å²) in [4.78, 5) is 61.4. The molecule has 0 radical (unpaired) electrons. The zero-order chi connectivity index (χ0) is 27.2.